The van der Waals surface area contributed by atoms with E-state index in [0.717, 1.165) is 16.7 Å². The Morgan fingerprint density at radius 1 is 0.490 bits per heavy atom. The molecule has 9 rings (SSSR count). The van der Waals surface area contributed by atoms with Crippen molar-refractivity contribution in [2.75, 3.05) is 0 Å². The number of benzene rings is 7. The van der Waals surface area contributed by atoms with Crippen LogP contribution in [0.1, 0.15) is 28.2 Å². The molecule has 7 aromatic rings. The molecule has 7 aromatic carbocycles. The minimum atomic E-state index is -4.57. The molecule has 0 N–H and O–H groups in total. The van der Waals surface area contributed by atoms with Crippen LogP contribution in [0.4, 0.5) is 26.3 Å². The quantitative estimate of drug-likeness (QED) is 0.133. The predicted octanol–water partition coefficient (Wildman–Crippen LogP) is 12.5. The number of hydrogen-bond donors (Lipinski definition) is 0. The monoisotopic (exact) mass is 658 g/mol. The Kier molecular flexibility index (Phi) is 6.32. The lowest BCUT2D eigenvalue weighted by Crippen LogP contribution is -2.22. The van der Waals surface area contributed by atoms with Crippen molar-refractivity contribution in [2.45, 2.75) is 24.4 Å². The summed E-state index contributed by atoms with van der Waals surface area (Å²) in [6.45, 7) is 0. The van der Waals surface area contributed by atoms with Crippen LogP contribution in [-0.2, 0) is 12.4 Å². The first kappa shape index (κ1) is 29.6. The molecule has 0 aromatic heterocycles. The van der Waals surface area contributed by atoms with Gasteiger partial charge in [0.1, 0.15) is 11.9 Å². The number of halogens is 6. The molecule has 0 fully saturated rings. The molecule has 0 radical (unpaired) electrons. The summed E-state index contributed by atoms with van der Waals surface area (Å²) in [6, 6.07) is 32.1. The Balaban J connectivity index is 1.23. The fourth-order valence-corrected chi connectivity index (χ4v) is 8.00. The van der Waals surface area contributed by atoms with Crippen molar-refractivity contribution >= 4 is 48.7 Å². The smallest absolute Gasteiger partial charge is 0.417 e. The number of hydrogen-bond acceptors (Lipinski definition) is 1. The van der Waals surface area contributed by atoms with Gasteiger partial charge in [0.15, 0.2) is 0 Å². The van der Waals surface area contributed by atoms with Gasteiger partial charge in [-0.1, -0.05) is 121 Å². The molecule has 240 valence electrons. The van der Waals surface area contributed by atoms with Crippen molar-refractivity contribution < 1.29 is 31.1 Å². The number of ether oxygens (including phenoxy) is 1. The molecule has 2 unspecified atom stereocenters. The molecule has 0 bridgehead atoms. The summed E-state index contributed by atoms with van der Waals surface area (Å²) in [7, 11) is 0. The van der Waals surface area contributed by atoms with Gasteiger partial charge < -0.3 is 4.74 Å². The summed E-state index contributed by atoms with van der Waals surface area (Å²) in [4.78, 5) is 0. The Morgan fingerprint density at radius 3 is 1.37 bits per heavy atom. The van der Waals surface area contributed by atoms with Crippen LogP contribution in [0.25, 0.3) is 59.8 Å². The SMILES string of the molecule is FC(F)(F)c1c2ccccc2c(C2=CC=CC3c4cc(-c5c6ccccc6c(C(F)(F)F)c6ccccc56)ccc4OC23)c2ccccc12. The standard InChI is InChI=1S/C42H24F6O/c43-41(44,45)38-28-14-5-1-10-24(28)36(25-11-2-6-15-29(25)38)23-20-21-35-34(22-23)32-18-9-19-33(40(32)49-35)37-26-12-3-7-16-30(26)39(42(46,47)48)31-17-8-4-13-27(31)37/h1-22,32,40H. The molecule has 0 saturated heterocycles. The number of rotatable bonds is 2. The lowest BCUT2D eigenvalue weighted by Gasteiger charge is -2.26. The van der Waals surface area contributed by atoms with E-state index in [1.165, 1.54) is 24.3 Å². The summed E-state index contributed by atoms with van der Waals surface area (Å²) >= 11 is 0. The molecule has 0 saturated carbocycles. The van der Waals surface area contributed by atoms with Gasteiger partial charge in [-0.2, -0.15) is 26.3 Å². The first-order valence-electron chi connectivity index (χ1n) is 15.8. The molecular formula is C42H24F6O. The van der Waals surface area contributed by atoms with Crippen LogP contribution >= 0.6 is 0 Å². The van der Waals surface area contributed by atoms with Crippen LogP contribution in [0.5, 0.6) is 5.75 Å². The average molecular weight is 659 g/mol. The highest BCUT2D eigenvalue weighted by Gasteiger charge is 2.41. The molecule has 7 heteroatoms. The highest BCUT2D eigenvalue weighted by molar-refractivity contribution is 6.16. The van der Waals surface area contributed by atoms with E-state index < -0.39 is 29.6 Å². The summed E-state index contributed by atoms with van der Waals surface area (Å²) in [5.74, 6) is 0.346. The lowest BCUT2D eigenvalue weighted by atomic mass is 9.79. The van der Waals surface area contributed by atoms with E-state index in [1.54, 1.807) is 72.8 Å². The van der Waals surface area contributed by atoms with Crippen LogP contribution in [0.2, 0.25) is 0 Å². The maximum atomic E-state index is 14.6. The summed E-state index contributed by atoms with van der Waals surface area (Å²) in [6.07, 6.45) is -3.82. The third-order valence-electron chi connectivity index (χ3n) is 9.86. The van der Waals surface area contributed by atoms with Crippen molar-refractivity contribution in [1.82, 2.24) is 0 Å². The zero-order valence-electron chi connectivity index (χ0n) is 25.5. The van der Waals surface area contributed by atoms with Gasteiger partial charge in [-0.3, -0.25) is 0 Å². The van der Waals surface area contributed by atoms with E-state index in [1.807, 2.05) is 36.4 Å². The first-order chi connectivity index (χ1) is 23.6. The molecule has 1 nitrogen and oxygen atoms in total. The van der Waals surface area contributed by atoms with Crippen molar-refractivity contribution in [3.05, 3.63) is 156 Å². The molecule has 1 aliphatic heterocycles. The van der Waals surface area contributed by atoms with Crippen molar-refractivity contribution in [3.8, 4) is 16.9 Å². The Bertz CT molecular complexity index is 2460. The third-order valence-corrected chi connectivity index (χ3v) is 9.86. The maximum absolute atomic E-state index is 14.6. The molecule has 0 spiro atoms. The second kappa shape index (κ2) is 10.5. The van der Waals surface area contributed by atoms with Gasteiger partial charge in [-0.15, -0.1) is 0 Å². The van der Waals surface area contributed by atoms with Crippen LogP contribution in [-0.4, -0.2) is 6.10 Å². The largest absolute Gasteiger partial charge is 0.484 e. The van der Waals surface area contributed by atoms with E-state index >= 15 is 0 Å². The fraction of sp³-hybridized carbons (Fsp3) is 0.0952. The van der Waals surface area contributed by atoms with Gasteiger partial charge in [-0.25, -0.2) is 0 Å². The van der Waals surface area contributed by atoms with Crippen molar-refractivity contribution in [1.29, 1.82) is 0 Å². The number of alkyl halides is 6. The second-order valence-electron chi connectivity index (χ2n) is 12.5. The number of allylic oxidation sites excluding steroid dienone is 2. The van der Waals surface area contributed by atoms with Gasteiger partial charge in [0, 0.05) is 17.1 Å². The summed E-state index contributed by atoms with van der Waals surface area (Å²) < 4.78 is 93.8. The van der Waals surface area contributed by atoms with Gasteiger partial charge in [0.05, 0.1) is 11.1 Å². The Morgan fingerprint density at radius 2 is 0.918 bits per heavy atom. The van der Waals surface area contributed by atoms with Crippen LogP contribution in [0.15, 0.2) is 133 Å². The topological polar surface area (TPSA) is 9.23 Å². The normalized spacial score (nSPS) is 17.4. The van der Waals surface area contributed by atoms with Crippen LogP contribution in [0, 0.1) is 0 Å². The zero-order chi connectivity index (χ0) is 33.7. The molecule has 0 amide bonds. The van der Waals surface area contributed by atoms with E-state index in [4.69, 9.17) is 4.74 Å². The summed E-state index contributed by atoms with van der Waals surface area (Å²) in [5.41, 5.74) is 2.43. The molecular weight excluding hydrogens is 634 g/mol. The van der Waals surface area contributed by atoms with E-state index in [-0.39, 0.29) is 27.5 Å². The van der Waals surface area contributed by atoms with Crippen molar-refractivity contribution in [2.24, 2.45) is 0 Å². The second-order valence-corrected chi connectivity index (χ2v) is 12.5. The first-order valence-corrected chi connectivity index (χ1v) is 15.8. The molecule has 2 aliphatic rings. The van der Waals surface area contributed by atoms with Gasteiger partial charge >= 0.3 is 12.4 Å². The minimum Gasteiger partial charge on any atom is -0.484 e. The number of fused-ring (bicyclic) bond motifs is 7. The fourth-order valence-electron chi connectivity index (χ4n) is 8.00. The van der Waals surface area contributed by atoms with E-state index in [2.05, 4.69) is 0 Å². The van der Waals surface area contributed by atoms with E-state index in [9.17, 15) is 26.3 Å². The molecule has 1 heterocycles. The highest BCUT2D eigenvalue weighted by atomic mass is 19.4. The van der Waals surface area contributed by atoms with Gasteiger partial charge in [0.25, 0.3) is 0 Å². The zero-order valence-corrected chi connectivity index (χ0v) is 25.5. The van der Waals surface area contributed by atoms with Gasteiger partial charge in [-0.05, 0) is 71.9 Å². The Labute approximate surface area is 276 Å². The summed E-state index contributed by atoms with van der Waals surface area (Å²) in [5, 5.41) is 2.44. The maximum Gasteiger partial charge on any atom is 0.417 e. The van der Waals surface area contributed by atoms with Crippen molar-refractivity contribution in [3.63, 3.8) is 0 Å². The predicted molar refractivity (Wildman–Crippen MR) is 183 cm³/mol. The molecule has 49 heavy (non-hydrogen) atoms. The highest BCUT2D eigenvalue weighted by Crippen LogP contribution is 2.52. The van der Waals surface area contributed by atoms with Gasteiger partial charge in [0.2, 0.25) is 0 Å². The molecule has 1 aliphatic carbocycles. The average Bonchev–Trinajstić information content (AvgIpc) is 3.46. The third kappa shape index (κ3) is 4.41. The minimum absolute atomic E-state index is 0.120. The van der Waals surface area contributed by atoms with E-state index in [0.29, 0.717) is 38.4 Å². The molecule has 2 atom stereocenters. The van der Waals surface area contributed by atoms with Crippen LogP contribution in [0.3, 0.4) is 0 Å². The van der Waals surface area contributed by atoms with Crippen LogP contribution < -0.4 is 4.74 Å². The Hall–Kier alpha value is -5.56. The lowest BCUT2D eigenvalue weighted by molar-refractivity contribution is -0.135.